The molecule has 2 N–H and O–H groups in total. The average molecular weight is 242 g/mol. The van der Waals surface area contributed by atoms with Gasteiger partial charge in [0.1, 0.15) is 0 Å². The number of methoxy groups -OCH3 is 1. The Labute approximate surface area is 101 Å². The molecule has 0 radical (unpaired) electrons. The first-order chi connectivity index (χ1) is 7.22. The van der Waals surface area contributed by atoms with Gasteiger partial charge in [0.15, 0.2) is 0 Å². The zero-order valence-electron chi connectivity index (χ0n) is 9.18. The van der Waals surface area contributed by atoms with Gasteiger partial charge in [-0.2, -0.15) is 0 Å². The van der Waals surface area contributed by atoms with Crippen molar-refractivity contribution in [1.82, 2.24) is 0 Å². The van der Waals surface area contributed by atoms with Gasteiger partial charge in [-0.15, -0.1) is 12.4 Å². The molecule has 1 aliphatic carbocycles. The van der Waals surface area contributed by atoms with Crippen LogP contribution >= 0.6 is 12.4 Å². The normalized spacial score (nSPS) is 22.9. The lowest BCUT2D eigenvalue weighted by Crippen LogP contribution is -2.29. The number of hydrogen-bond acceptors (Lipinski definition) is 3. The summed E-state index contributed by atoms with van der Waals surface area (Å²) in [5.41, 5.74) is 8.36. The first-order valence-electron chi connectivity index (χ1n) is 5.13. The maximum atomic E-state index is 11.4. The third kappa shape index (κ3) is 2.36. The molecule has 0 bridgehead atoms. The van der Waals surface area contributed by atoms with Crippen LogP contribution in [0.1, 0.15) is 23.6 Å². The molecule has 2 atom stereocenters. The molecule has 0 aliphatic heterocycles. The van der Waals surface area contributed by atoms with Gasteiger partial charge in [0.2, 0.25) is 0 Å². The number of hydrogen-bond donors (Lipinski definition) is 1. The van der Waals surface area contributed by atoms with E-state index in [0.29, 0.717) is 6.42 Å². The summed E-state index contributed by atoms with van der Waals surface area (Å²) in [6.07, 6.45) is 1.43. The van der Waals surface area contributed by atoms with Gasteiger partial charge >= 0.3 is 5.97 Å². The van der Waals surface area contributed by atoms with Crippen molar-refractivity contribution < 1.29 is 9.53 Å². The van der Waals surface area contributed by atoms with Crippen LogP contribution in [0.2, 0.25) is 0 Å². The van der Waals surface area contributed by atoms with Crippen LogP contribution in [0.4, 0.5) is 0 Å². The Hall–Kier alpha value is -1.06. The molecule has 4 heteroatoms. The number of esters is 1. The molecule has 0 aromatic heterocycles. The van der Waals surface area contributed by atoms with E-state index in [4.69, 9.17) is 10.5 Å². The third-order valence-corrected chi connectivity index (χ3v) is 2.99. The number of halogens is 1. The van der Waals surface area contributed by atoms with Gasteiger partial charge in [-0.1, -0.05) is 24.3 Å². The van der Waals surface area contributed by atoms with E-state index in [9.17, 15) is 4.79 Å². The van der Waals surface area contributed by atoms with Gasteiger partial charge in [0.25, 0.3) is 0 Å². The predicted molar refractivity (Wildman–Crippen MR) is 64.4 cm³/mol. The Morgan fingerprint density at radius 1 is 1.44 bits per heavy atom. The summed E-state index contributed by atoms with van der Waals surface area (Å²) in [5.74, 6) is -0.236. The van der Waals surface area contributed by atoms with Crippen LogP contribution < -0.4 is 5.73 Å². The Morgan fingerprint density at radius 3 is 2.81 bits per heavy atom. The quantitative estimate of drug-likeness (QED) is 0.764. The van der Waals surface area contributed by atoms with Gasteiger partial charge in [0, 0.05) is 6.04 Å². The molecule has 1 aliphatic rings. The highest BCUT2D eigenvalue weighted by Gasteiger charge is 2.29. The molecule has 3 nitrogen and oxygen atoms in total. The predicted octanol–water partition coefficient (Wildman–Crippen LogP) is 1.84. The minimum atomic E-state index is -0.153. The first-order valence-corrected chi connectivity index (χ1v) is 5.13. The van der Waals surface area contributed by atoms with Crippen molar-refractivity contribution in [3.05, 3.63) is 35.4 Å². The zero-order valence-corrected chi connectivity index (χ0v) is 10.00. The molecule has 88 valence electrons. The van der Waals surface area contributed by atoms with Crippen LogP contribution in [0.3, 0.4) is 0 Å². The van der Waals surface area contributed by atoms with Crippen LogP contribution in [0.15, 0.2) is 24.3 Å². The van der Waals surface area contributed by atoms with Crippen LogP contribution in [0.25, 0.3) is 0 Å². The molecule has 0 saturated carbocycles. The van der Waals surface area contributed by atoms with Crippen molar-refractivity contribution in [1.29, 1.82) is 0 Å². The molecule has 2 rings (SSSR count). The maximum absolute atomic E-state index is 11.4. The number of rotatable bonds is 1. The standard InChI is InChI=1S/C12H15NO2.ClH/c1-15-12(14)9-6-8-4-2-3-5-10(8)11(13)7-9;/h2-5,9,11H,6-7,13H2,1H3;1H/t9-,11+;/m0./s1. The number of carbonyl (C=O) groups is 1. The minimum absolute atomic E-state index is 0. The Kier molecular flexibility index (Phi) is 4.33. The first kappa shape index (κ1) is 13.0. The summed E-state index contributed by atoms with van der Waals surface area (Å²) in [6.45, 7) is 0. The van der Waals surface area contributed by atoms with Crippen molar-refractivity contribution in [2.45, 2.75) is 18.9 Å². The van der Waals surface area contributed by atoms with Crippen LogP contribution in [0.5, 0.6) is 0 Å². The highest BCUT2D eigenvalue weighted by molar-refractivity contribution is 5.85. The van der Waals surface area contributed by atoms with Gasteiger partial charge in [0.05, 0.1) is 13.0 Å². The number of carbonyl (C=O) groups excluding carboxylic acids is 1. The van der Waals surface area contributed by atoms with Gasteiger partial charge in [-0.25, -0.2) is 0 Å². The molecule has 0 fully saturated rings. The fourth-order valence-electron chi connectivity index (χ4n) is 2.21. The van der Waals surface area contributed by atoms with Crippen LogP contribution in [0, 0.1) is 5.92 Å². The molecule has 0 heterocycles. The Bertz CT molecular complexity index is 381. The number of fused-ring (bicyclic) bond motifs is 1. The van der Waals surface area contributed by atoms with Crippen molar-refractivity contribution in [2.75, 3.05) is 7.11 Å². The average Bonchev–Trinajstić information content (AvgIpc) is 2.28. The van der Waals surface area contributed by atoms with E-state index in [0.717, 1.165) is 12.0 Å². The minimum Gasteiger partial charge on any atom is -0.469 e. The molecule has 0 spiro atoms. The monoisotopic (exact) mass is 241 g/mol. The van der Waals surface area contributed by atoms with Gasteiger partial charge in [-0.05, 0) is 24.0 Å². The van der Waals surface area contributed by atoms with Crippen molar-refractivity contribution >= 4 is 18.4 Å². The van der Waals surface area contributed by atoms with E-state index in [1.807, 2.05) is 24.3 Å². The third-order valence-electron chi connectivity index (χ3n) is 2.99. The molecule has 0 unspecified atom stereocenters. The number of nitrogens with two attached hydrogens (primary N) is 1. The lowest BCUT2D eigenvalue weighted by molar-refractivity contribution is -0.146. The van der Waals surface area contributed by atoms with E-state index >= 15 is 0 Å². The summed E-state index contributed by atoms with van der Waals surface area (Å²) in [5, 5.41) is 0. The highest BCUT2D eigenvalue weighted by Crippen LogP contribution is 2.31. The Morgan fingerprint density at radius 2 is 2.12 bits per heavy atom. The lowest BCUT2D eigenvalue weighted by Gasteiger charge is -2.27. The van der Waals surface area contributed by atoms with Gasteiger partial charge < -0.3 is 10.5 Å². The summed E-state index contributed by atoms with van der Waals surface area (Å²) < 4.78 is 4.76. The number of ether oxygens (including phenoxy) is 1. The number of benzene rings is 1. The highest BCUT2D eigenvalue weighted by atomic mass is 35.5. The maximum Gasteiger partial charge on any atom is 0.309 e. The van der Waals surface area contributed by atoms with E-state index < -0.39 is 0 Å². The zero-order chi connectivity index (χ0) is 10.8. The molecule has 16 heavy (non-hydrogen) atoms. The van der Waals surface area contributed by atoms with Crippen molar-refractivity contribution in [3.63, 3.8) is 0 Å². The Balaban J connectivity index is 0.00000128. The second kappa shape index (κ2) is 5.32. The van der Waals surface area contributed by atoms with E-state index in [1.165, 1.54) is 12.7 Å². The molecule has 1 aromatic rings. The topological polar surface area (TPSA) is 52.3 Å². The molecular weight excluding hydrogens is 226 g/mol. The molecule has 0 saturated heterocycles. The van der Waals surface area contributed by atoms with E-state index in [1.54, 1.807) is 0 Å². The SMILES string of the molecule is COC(=O)[C@H]1Cc2ccccc2[C@H](N)C1.Cl. The lowest BCUT2D eigenvalue weighted by atomic mass is 9.81. The summed E-state index contributed by atoms with van der Waals surface area (Å²) in [4.78, 5) is 11.4. The largest absolute Gasteiger partial charge is 0.469 e. The fourth-order valence-corrected chi connectivity index (χ4v) is 2.21. The van der Waals surface area contributed by atoms with Crippen LogP contribution in [-0.2, 0) is 16.0 Å². The molecular formula is C12H16ClNO2. The van der Waals surface area contributed by atoms with Gasteiger partial charge in [-0.3, -0.25) is 4.79 Å². The van der Waals surface area contributed by atoms with Crippen LogP contribution in [-0.4, -0.2) is 13.1 Å². The van der Waals surface area contributed by atoms with Crippen molar-refractivity contribution in [2.24, 2.45) is 11.7 Å². The summed E-state index contributed by atoms with van der Waals surface area (Å²) in [7, 11) is 1.42. The summed E-state index contributed by atoms with van der Waals surface area (Å²) in [6, 6.07) is 7.99. The van der Waals surface area contributed by atoms with Crippen molar-refractivity contribution in [3.8, 4) is 0 Å². The fraction of sp³-hybridized carbons (Fsp3) is 0.417. The van der Waals surface area contributed by atoms with E-state index in [-0.39, 0.29) is 30.3 Å². The molecule has 1 aromatic carbocycles. The second-order valence-electron chi connectivity index (χ2n) is 3.97. The smallest absolute Gasteiger partial charge is 0.309 e. The summed E-state index contributed by atoms with van der Waals surface area (Å²) >= 11 is 0. The second-order valence-corrected chi connectivity index (χ2v) is 3.97. The molecule has 0 amide bonds. The van der Waals surface area contributed by atoms with E-state index in [2.05, 4.69) is 0 Å².